The summed E-state index contributed by atoms with van der Waals surface area (Å²) in [6.07, 6.45) is 0.278. The number of hydrogen-bond acceptors (Lipinski definition) is 6. The van der Waals surface area contributed by atoms with Crippen LogP contribution in [0.4, 0.5) is 0 Å². The molecule has 10 heteroatoms. The summed E-state index contributed by atoms with van der Waals surface area (Å²) in [7, 11) is -7.24. The Hall–Kier alpha value is -0.520. The average Bonchev–Trinajstić information content (AvgIpc) is 1.99. The van der Waals surface area contributed by atoms with Crippen molar-refractivity contribution in [1.82, 2.24) is 0 Å². The highest BCUT2D eigenvalue weighted by Gasteiger charge is 2.13. The van der Waals surface area contributed by atoms with Crippen molar-refractivity contribution < 1.29 is 35.8 Å². The number of aliphatic hydroxyl groups is 1. The Bertz CT molecular complexity index is 336. The van der Waals surface area contributed by atoms with Crippen LogP contribution < -0.4 is 0 Å². The molecule has 0 aromatic heterocycles. The summed E-state index contributed by atoms with van der Waals surface area (Å²) in [6, 6.07) is 0. The maximum Gasteiger partial charge on any atom is 0.267 e. The minimum atomic E-state index is -4.12. The number of rotatable bonds is 6. The minimum absolute atomic E-state index is 0.133. The van der Waals surface area contributed by atoms with Gasteiger partial charge in [0.25, 0.3) is 21.1 Å². The maximum atomic E-state index is 10.2. The third-order valence-corrected chi connectivity index (χ3v) is 1.75. The van der Waals surface area contributed by atoms with Crippen LogP contribution in [0.5, 0.6) is 0 Å². The molecule has 0 aromatic carbocycles. The largest absolute Gasteiger partial charge is 0.390 e. The van der Waals surface area contributed by atoms with Gasteiger partial charge in [0.2, 0.25) is 0 Å². The lowest BCUT2D eigenvalue weighted by Crippen LogP contribution is -2.25. The van der Waals surface area contributed by atoms with Gasteiger partial charge in [-0.2, -0.15) is 8.42 Å². The topological polar surface area (TPSA) is 138 Å². The van der Waals surface area contributed by atoms with Crippen LogP contribution in [0.15, 0.2) is 12.7 Å². The molecule has 8 nitrogen and oxygen atoms in total. The van der Waals surface area contributed by atoms with Crippen LogP contribution in [-0.2, 0) is 25.8 Å². The Balaban J connectivity index is 0. The van der Waals surface area contributed by atoms with Crippen molar-refractivity contribution >= 4 is 21.1 Å². The van der Waals surface area contributed by atoms with Gasteiger partial charge in [0.15, 0.2) is 0 Å². The Morgan fingerprint density at radius 2 is 1.88 bits per heavy atom. The zero-order chi connectivity index (χ0) is 13.2. The third kappa shape index (κ3) is 23.4. The van der Waals surface area contributed by atoms with Gasteiger partial charge < -0.3 is 9.84 Å². The molecule has 0 fully saturated rings. The molecule has 0 aliphatic carbocycles. The average molecular weight is 278 g/mol. The van der Waals surface area contributed by atoms with E-state index in [1.807, 2.05) is 0 Å². The Kier molecular flexibility index (Phi) is 10.8. The molecule has 0 radical (unpaired) electrons. The van der Waals surface area contributed by atoms with Crippen molar-refractivity contribution in [3.05, 3.63) is 12.7 Å². The first-order chi connectivity index (χ1) is 7.19. The van der Waals surface area contributed by atoms with Crippen LogP contribution >= 0.6 is 0 Å². The molecule has 3 N–H and O–H groups in total. The molecule has 1 unspecified atom stereocenters. The van der Waals surface area contributed by atoms with E-state index in [1.165, 1.54) is 6.08 Å². The van der Waals surface area contributed by atoms with Crippen molar-refractivity contribution in [3.63, 3.8) is 0 Å². The van der Waals surface area contributed by atoms with Crippen LogP contribution in [0, 0.1) is 0 Å². The molecule has 0 saturated heterocycles. The number of hydrogen-bond donors (Lipinski definition) is 4. The predicted octanol–water partition coefficient (Wildman–Crippen LogP) is -1.49. The first-order valence-corrected chi connectivity index (χ1v) is 6.58. The fourth-order valence-electron chi connectivity index (χ4n) is 0.579. The van der Waals surface area contributed by atoms with Gasteiger partial charge in [0.05, 0.1) is 19.3 Å². The molecule has 0 amide bonds. The van der Waals surface area contributed by atoms with Crippen molar-refractivity contribution in [1.29, 1.82) is 0 Å². The van der Waals surface area contributed by atoms with Gasteiger partial charge >= 0.3 is 0 Å². The quantitative estimate of drug-likeness (QED) is 0.199. The van der Waals surface area contributed by atoms with Gasteiger partial charge in [-0.15, -0.1) is 6.58 Å². The zero-order valence-electron chi connectivity index (χ0n) is 8.22. The lowest BCUT2D eigenvalue weighted by Gasteiger charge is -2.07. The first-order valence-electron chi connectivity index (χ1n) is 3.84. The summed E-state index contributed by atoms with van der Waals surface area (Å²) in [5.74, 6) is -0.704. The zero-order valence-corrected chi connectivity index (χ0v) is 9.93. The molecular weight excluding hydrogens is 264 g/mol. The molecule has 0 bridgehead atoms. The Morgan fingerprint density at radius 1 is 1.44 bits per heavy atom. The maximum absolute atomic E-state index is 10.2. The van der Waals surface area contributed by atoms with E-state index in [2.05, 4.69) is 6.58 Å². The Morgan fingerprint density at radius 3 is 2.19 bits per heavy atom. The number of thiol groups is 1. The number of ether oxygens (including phenoxy) is 1. The molecule has 1 atom stereocenters. The van der Waals surface area contributed by atoms with E-state index in [1.54, 1.807) is 0 Å². The van der Waals surface area contributed by atoms with E-state index in [4.69, 9.17) is 27.4 Å². The highest BCUT2D eigenvalue weighted by molar-refractivity contribution is 7.85. The van der Waals surface area contributed by atoms with Gasteiger partial charge in [-0.3, -0.25) is 9.11 Å². The fourth-order valence-corrected chi connectivity index (χ4v) is 1.16. The second-order valence-electron chi connectivity index (χ2n) is 2.47. The summed E-state index contributed by atoms with van der Waals surface area (Å²) < 4.78 is 57.6. The van der Waals surface area contributed by atoms with Gasteiger partial charge in [-0.25, -0.2) is 8.42 Å². The monoisotopic (exact) mass is 278 g/mol. The van der Waals surface area contributed by atoms with Crippen molar-refractivity contribution in [2.75, 3.05) is 19.0 Å². The number of aliphatic hydroxyl groups excluding tert-OH is 1. The van der Waals surface area contributed by atoms with Crippen LogP contribution in [0.25, 0.3) is 0 Å². The van der Waals surface area contributed by atoms with Gasteiger partial charge in [-0.05, 0) is 0 Å². The molecule has 0 saturated carbocycles. The molecule has 0 aliphatic rings. The van der Waals surface area contributed by atoms with E-state index >= 15 is 0 Å². The minimum Gasteiger partial charge on any atom is -0.390 e. The summed E-state index contributed by atoms with van der Waals surface area (Å²) in [5, 5.41) is 8.91. The van der Waals surface area contributed by atoms with E-state index in [0.29, 0.717) is 0 Å². The summed E-state index contributed by atoms with van der Waals surface area (Å²) in [6.45, 7) is 3.46. The summed E-state index contributed by atoms with van der Waals surface area (Å²) in [4.78, 5) is 0. The smallest absolute Gasteiger partial charge is 0.267 e. The molecule has 98 valence electrons. The molecule has 0 aromatic rings. The Labute approximate surface area is 95.1 Å². The van der Waals surface area contributed by atoms with E-state index in [9.17, 15) is 8.42 Å². The first kappa shape index (κ1) is 17.9. The standard InChI is InChI=1S/C6H12O5S.H2O3S/c1-2-3-11-4-6(7)5-12(8,9)10;1-4(2)3/h2,6-7H,1,3-5H2,(H,8,9,10);4H,(H,1,2,3). The van der Waals surface area contributed by atoms with Crippen LogP contribution in [-0.4, -0.2) is 56.1 Å². The lowest BCUT2D eigenvalue weighted by atomic mass is 10.4. The van der Waals surface area contributed by atoms with Gasteiger partial charge in [0, 0.05) is 0 Å². The normalized spacial score (nSPS) is 12.8. The van der Waals surface area contributed by atoms with Crippen molar-refractivity contribution in [2.45, 2.75) is 6.10 Å². The van der Waals surface area contributed by atoms with Crippen LogP contribution in [0.1, 0.15) is 0 Å². The molecule has 0 heterocycles. The van der Waals surface area contributed by atoms with Crippen molar-refractivity contribution in [2.24, 2.45) is 0 Å². The van der Waals surface area contributed by atoms with Crippen molar-refractivity contribution in [3.8, 4) is 0 Å². The molecule has 16 heavy (non-hydrogen) atoms. The SMILES string of the molecule is C=CCOCC(O)CS(=O)(=O)O.O=[SH](=O)O. The van der Waals surface area contributed by atoms with Crippen LogP contribution in [0.2, 0.25) is 0 Å². The molecule has 0 rings (SSSR count). The molecule has 0 spiro atoms. The van der Waals surface area contributed by atoms with E-state index < -0.39 is 33.0 Å². The molecule has 0 aliphatic heterocycles. The predicted molar refractivity (Wildman–Crippen MR) is 56.4 cm³/mol. The fraction of sp³-hybridized carbons (Fsp3) is 0.667. The molecular formula is C6H14O8S2. The van der Waals surface area contributed by atoms with Crippen LogP contribution in [0.3, 0.4) is 0 Å². The van der Waals surface area contributed by atoms with E-state index in [-0.39, 0.29) is 13.2 Å². The third-order valence-electron chi connectivity index (χ3n) is 0.949. The highest BCUT2D eigenvalue weighted by Crippen LogP contribution is 1.91. The lowest BCUT2D eigenvalue weighted by molar-refractivity contribution is 0.0608. The van der Waals surface area contributed by atoms with E-state index in [0.717, 1.165) is 0 Å². The summed E-state index contributed by atoms with van der Waals surface area (Å²) in [5.41, 5.74) is 0. The second-order valence-corrected chi connectivity index (χ2v) is 4.44. The van der Waals surface area contributed by atoms with Gasteiger partial charge in [-0.1, -0.05) is 6.08 Å². The second kappa shape index (κ2) is 9.69. The van der Waals surface area contributed by atoms with Gasteiger partial charge in [0.1, 0.15) is 5.75 Å². The highest BCUT2D eigenvalue weighted by atomic mass is 32.2. The summed E-state index contributed by atoms with van der Waals surface area (Å²) >= 11 is 0.